The van der Waals surface area contributed by atoms with Gasteiger partial charge in [-0.15, -0.1) is 0 Å². The molecule has 1 aromatic heterocycles. The Balaban J connectivity index is 1.59. The van der Waals surface area contributed by atoms with Crippen molar-refractivity contribution in [3.8, 4) is 11.4 Å². The Morgan fingerprint density at radius 1 is 1.14 bits per heavy atom. The molecule has 8 nitrogen and oxygen atoms in total. The summed E-state index contributed by atoms with van der Waals surface area (Å²) in [4.78, 5) is 22.7. The topological polar surface area (TPSA) is 105 Å². The van der Waals surface area contributed by atoms with Crippen LogP contribution in [0.2, 0.25) is 0 Å². The molecule has 0 radical (unpaired) electrons. The summed E-state index contributed by atoms with van der Waals surface area (Å²) >= 11 is 0. The average molecular weight is 487 g/mol. The van der Waals surface area contributed by atoms with E-state index in [1.165, 1.54) is 23.1 Å². The molecule has 0 bridgehead atoms. The zero-order chi connectivity index (χ0) is 25.4. The lowest BCUT2D eigenvalue weighted by atomic mass is 10.0. The van der Waals surface area contributed by atoms with E-state index < -0.39 is 17.6 Å². The van der Waals surface area contributed by atoms with Gasteiger partial charge in [0.1, 0.15) is 18.1 Å². The van der Waals surface area contributed by atoms with Gasteiger partial charge >= 0.3 is 5.97 Å². The Kier molecular flexibility index (Phi) is 8.77. The Labute approximate surface area is 201 Å². The van der Waals surface area contributed by atoms with Crippen molar-refractivity contribution in [2.45, 2.75) is 32.7 Å². The fourth-order valence-electron chi connectivity index (χ4n) is 3.45. The zero-order valence-electron chi connectivity index (χ0n) is 19.5. The minimum absolute atomic E-state index is 0.0591. The molecule has 3 aromatic rings. The number of nitrogens with zero attached hydrogens (tertiary/aromatic N) is 2. The number of hydrogen-bond acceptors (Lipinski definition) is 5. The summed E-state index contributed by atoms with van der Waals surface area (Å²) in [6.45, 7) is 4.56. The molecule has 0 aliphatic carbocycles. The van der Waals surface area contributed by atoms with Gasteiger partial charge in [0.2, 0.25) is 0 Å². The van der Waals surface area contributed by atoms with Gasteiger partial charge in [0.05, 0.1) is 24.9 Å². The maximum Gasteiger partial charge on any atom is 0.305 e. The van der Waals surface area contributed by atoms with Crippen LogP contribution in [0.5, 0.6) is 5.75 Å². The first-order chi connectivity index (χ1) is 16.7. The molecule has 0 aliphatic heterocycles. The molecule has 1 unspecified atom stereocenters. The van der Waals surface area contributed by atoms with Gasteiger partial charge in [-0.05, 0) is 48.7 Å². The van der Waals surface area contributed by atoms with E-state index in [-0.39, 0.29) is 30.6 Å². The van der Waals surface area contributed by atoms with Crippen LogP contribution < -0.4 is 15.4 Å². The Morgan fingerprint density at radius 3 is 2.54 bits per heavy atom. The number of aliphatic carboxylic acids is 1. The number of halogens is 2. The molecule has 35 heavy (non-hydrogen) atoms. The van der Waals surface area contributed by atoms with Crippen molar-refractivity contribution in [3.63, 3.8) is 0 Å². The minimum atomic E-state index is -0.974. The number of carboxylic acid groups (broad SMARTS) is 1. The highest BCUT2D eigenvalue weighted by Gasteiger charge is 2.15. The average Bonchev–Trinajstić information content (AvgIpc) is 3.26. The number of carboxylic acids is 1. The third-order valence-corrected chi connectivity index (χ3v) is 5.06. The van der Waals surface area contributed by atoms with E-state index >= 15 is 0 Å². The number of anilines is 1. The number of benzene rings is 2. The number of amides is 1. The maximum absolute atomic E-state index is 14.0. The van der Waals surface area contributed by atoms with Gasteiger partial charge in [0, 0.05) is 23.9 Å². The van der Waals surface area contributed by atoms with Gasteiger partial charge < -0.3 is 20.5 Å². The molecule has 3 N–H and O–H groups in total. The number of ether oxygens (including phenoxy) is 1. The van der Waals surface area contributed by atoms with E-state index in [1.807, 2.05) is 0 Å². The number of hydrogen-bond donors (Lipinski definition) is 3. The largest absolute Gasteiger partial charge is 0.488 e. The lowest BCUT2D eigenvalue weighted by Crippen LogP contribution is -2.29. The zero-order valence-corrected chi connectivity index (χ0v) is 19.5. The number of aromatic nitrogens is 2. The predicted molar refractivity (Wildman–Crippen MR) is 127 cm³/mol. The lowest BCUT2D eigenvalue weighted by Gasteiger charge is -2.22. The molecule has 2 aromatic carbocycles. The second-order valence-corrected chi connectivity index (χ2v) is 8.48. The summed E-state index contributed by atoms with van der Waals surface area (Å²) in [7, 11) is 0. The van der Waals surface area contributed by atoms with E-state index in [0.29, 0.717) is 23.8 Å². The van der Waals surface area contributed by atoms with Crippen LogP contribution >= 0.6 is 0 Å². The fourth-order valence-corrected chi connectivity index (χ4v) is 3.45. The first kappa shape index (κ1) is 25.7. The quantitative estimate of drug-likeness (QED) is 0.353. The molecular weight excluding hydrogens is 458 g/mol. The van der Waals surface area contributed by atoms with Crippen LogP contribution in [0.3, 0.4) is 0 Å². The molecule has 0 saturated heterocycles. The summed E-state index contributed by atoms with van der Waals surface area (Å²) in [6, 6.07) is 10.1. The molecule has 0 aliphatic rings. The van der Waals surface area contributed by atoms with Crippen molar-refractivity contribution < 1.29 is 28.2 Å². The van der Waals surface area contributed by atoms with E-state index in [4.69, 9.17) is 9.84 Å². The van der Waals surface area contributed by atoms with Crippen molar-refractivity contribution >= 4 is 17.6 Å². The second kappa shape index (κ2) is 12.0. The molecule has 1 heterocycles. The van der Waals surface area contributed by atoms with Crippen molar-refractivity contribution in [2.24, 2.45) is 5.92 Å². The monoisotopic (exact) mass is 486 g/mol. The van der Waals surface area contributed by atoms with Crippen LogP contribution in [-0.2, 0) is 4.79 Å². The van der Waals surface area contributed by atoms with E-state index in [0.717, 1.165) is 24.2 Å². The highest BCUT2D eigenvalue weighted by Crippen LogP contribution is 2.19. The fraction of sp³-hybridized carbons (Fsp3) is 0.320. The van der Waals surface area contributed by atoms with Gasteiger partial charge in [-0.25, -0.2) is 13.5 Å². The summed E-state index contributed by atoms with van der Waals surface area (Å²) < 4.78 is 34.3. The van der Waals surface area contributed by atoms with Crippen molar-refractivity contribution in [2.75, 3.05) is 18.5 Å². The molecule has 186 valence electrons. The van der Waals surface area contributed by atoms with Crippen LogP contribution in [0.15, 0.2) is 54.9 Å². The standard InChI is InChI=1S/C25H28F2N4O4/c1-16(2)11-20(30-19-6-3-17(4-7-19)25(34)28-10-9-24(32)33)15-35-21-13-29-31(14-21)23-8-5-18(26)12-22(23)27/h3-8,12-14,16,20,30H,9-11,15H2,1-2H3,(H,28,34)(H,32,33). The first-order valence-corrected chi connectivity index (χ1v) is 11.2. The van der Waals surface area contributed by atoms with E-state index in [1.54, 1.807) is 24.3 Å². The Bertz CT molecular complexity index is 1150. The SMILES string of the molecule is CC(C)CC(COc1cnn(-c2ccc(F)cc2F)c1)Nc1ccc(C(=O)NCCC(=O)O)cc1. The third kappa shape index (κ3) is 7.80. The Hall–Kier alpha value is -3.95. The van der Waals surface area contributed by atoms with Gasteiger partial charge in [-0.2, -0.15) is 5.10 Å². The molecule has 1 atom stereocenters. The normalized spacial score (nSPS) is 11.8. The molecular formula is C25H28F2N4O4. The summed E-state index contributed by atoms with van der Waals surface area (Å²) in [6.07, 6.45) is 3.66. The van der Waals surface area contributed by atoms with Crippen LogP contribution in [0.4, 0.5) is 14.5 Å². The van der Waals surface area contributed by atoms with Crippen LogP contribution in [0.25, 0.3) is 5.69 Å². The Morgan fingerprint density at radius 2 is 1.89 bits per heavy atom. The number of carbonyl (C=O) groups is 2. The molecule has 0 fully saturated rings. The molecule has 3 rings (SSSR count). The van der Waals surface area contributed by atoms with Gasteiger partial charge in [-0.3, -0.25) is 9.59 Å². The maximum atomic E-state index is 14.0. The smallest absolute Gasteiger partial charge is 0.305 e. The van der Waals surface area contributed by atoms with Crippen molar-refractivity contribution in [3.05, 3.63) is 72.1 Å². The van der Waals surface area contributed by atoms with Crippen molar-refractivity contribution in [1.82, 2.24) is 15.1 Å². The predicted octanol–water partition coefficient (Wildman–Crippen LogP) is 4.26. The molecule has 10 heteroatoms. The minimum Gasteiger partial charge on any atom is -0.488 e. The number of carbonyl (C=O) groups excluding carboxylic acids is 1. The molecule has 1 amide bonds. The highest BCUT2D eigenvalue weighted by atomic mass is 19.1. The first-order valence-electron chi connectivity index (χ1n) is 11.2. The second-order valence-electron chi connectivity index (χ2n) is 8.48. The molecule has 0 saturated carbocycles. The van der Waals surface area contributed by atoms with Crippen molar-refractivity contribution in [1.29, 1.82) is 0 Å². The van der Waals surface area contributed by atoms with E-state index in [2.05, 4.69) is 29.6 Å². The molecule has 0 spiro atoms. The van der Waals surface area contributed by atoms with Gasteiger partial charge in [0.25, 0.3) is 5.91 Å². The van der Waals surface area contributed by atoms with Gasteiger partial charge in [-0.1, -0.05) is 13.8 Å². The van der Waals surface area contributed by atoms with Crippen LogP contribution in [0, 0.1) is 17.6 Å². The van der Waals surface area contributed by atoms with Gasteiger partial charge in [0.15, 0.2) is 11.6 Å². The third-order valence-electron chi connectivity index (χ3n) is 5.06. The highest BCUT2D eigenvalue weighted by molar-refractivity contribution is 5.94. The summed E-state index contributed by atoms with van der Waals surface area (Å²) in [5.74, 6) is -1.88. The number of rotatable bonds is 12. The lowest BCUT2D eigenvalue weighted by molar-refractivity contribution is -0.136. The number of nitrogens with one attached hydrogen (secondary N) is 2. The summed E-state index contributed by atoms with van der Waals surface area (Å²) in [5, 5.41) is 18.7. The van der Waals surface area contributed by atoms with E-state index in [9.17, 15) is 18.4 Å². The van der Waals surface area contributed by atoms with Crippen LogP contribution in [0.1, 0.15) is 37.0 Å². The van der Waals surface area contributed by atoms with Crippen LogP contribution in [-0.4, -0.2) is 46.0 Å². The summed E-state index contributed by atoms with van der Waals surface area (Å²) in [5.41, 5.74) is 1.34.